The lowest BCUT2D eigenvalue weighted by atomic mass is 9.93. The highest BCUT2D eigenvalue weighted by atomic mass is 16.5. The van der Waals surface area contributed by atoms with Gasteiger partial charge in [0.15, 0.2) is 5.72 Å². The molecule has 2 aliphatic heterocycles. The molecule has 23 heavy (non-hydrogen) atoms. The van der Waals surface area contributed by atoms with E-state index in [2.05, 4.69) is 4.99 Å². The van der Waals surface area contributed by atoms with E-state index in [1.54, 1.807) is 12.0 Å². The molecule has 2 atom stereocenters. The molecule has 4 rings (SSSR count). The zero-order valence-corrected chi connectivity index (χ0v) is 12.8. The molecule has 5 heteroatoms. The van der Waals surface area contributed by atoms with Crippen LogP contribution in [-0.2, 0) is 5.72 Å². The van der Waals surface area contributed by atoms with Gasteiger partial charge in [0.1, 0.15) is 11.6 Å². The SMILES string of the molecule is COc1ccc(C2(O)c3ccccc3C3=NCC(O)CN32)cc1. The summed E-state index contributed by atoms with van der Waals surface area (Å²) in [5, 5.41) is 21.6. The summed E-state index contributed by atoms with van der Waals surface area (Å²) in [5.41, 5.74) is 1.10. The van der Waals surface area contributed by atoms with Gasteiger partial charge in [-0.3, -0.25) is 4.99 Å². The first-order valence-electron chi connectivity index (χ1n) is 7.61. The van der Waals surface area contributed by atoms with Gasteiger partial charge in [0, 0.05) is 16.7 Å². The Balaban J connectivity index is 1.91. The Kier molecular flexibility index (Phi) is 3.14. The van der Waals surface area contributed by atoms with Crippen molar-refractivity contribution in [2.45, 2.75) is 11.8 Å². The summed E-state index contributed by atoms with van der Waals surface area (Å²) in [6.45, 7) is 0.703. The number of fused-ring (bicyclic) bond motifs is 3. The van der Waals surface area contributed by atoms with Crippen LogP contribution in [-0.4, -0.2) is 47.3 Å². The average molecular weight is 310 g/mol. The summed E-state index contributed by atoms with van der Waals surface area (Å²) < 4.78 is 5.20. The molecule has 2 aromatic carbocycles. The zero-order valence-electron chi connectivity index (χ0n) is 12.8. The lowest BCUT2D eigenvalue weighted by molar-refractivity contribution is -0.0495. The third-order valence-corrected chi connectivity index (χ3v) is 4.53. The van der Waals surface area contributed by atoms with Crippen molar-refractivity contribution in [3.05, 3.63) is 65.2 Å². The maximum Gasteiger partial charge on any atom is 0.193 e. The van der Waals surface area contributed by atoms with Crippen LogP contribution >= 0.6 is 0 Å². The van der Waals surface area contributed by atoms with E-state index >= 15 is 0 Å². The number of benzene rings is 2. The predicted molar refractivity (Wildman–Crippen MR) is 86.6 cm³/mol. The summed E-state index contributed by atoms with van der Waals surface area (Å²) in [5.74, 6) is 1.47. The first-order chi connectivity index (χ1) is 11.1. The fraction of sp³-hybridized carbons (Fsp3) is 0.278. The summed E-state index contributed by atoms with van der Waals surface area (Å²) in [4.78, 5) is 6.26. The van der Waals surface area contributed by atoms with Crippen molar-refractivity contribution in [1.29, 1.82) is 0 Å². The van der Waals surface area contributed by atoms with Gasteiger partial charge >= 0.3 is 0 Å². The summed E-state index contributed by atoms with van der Waals surface area (Å²) in [6.07, 6.45) is -0.585. The molecule has 2 aliphatic rings. The number of methoxy groups -OCH3 is 1. The van der Waals surface area contributed by atoms with Crippen molar-refractivity contribution in [3.63, 3.8) is 0 Å². The van der Waals surface area contributed by atoms with Gasteiger partial charge in [-0.2, -0.15) is 0 Å². The minimum Gasteiger partial charge on any atom is -0.497 e. The number of amidine groups is 1. The fourth-order valence-corrected chi connectivity index (χ4v) is 3.41. The smallest absolute Gasteiger partial charge is 0.193 e. The van der Waals surface area contributed by atoms with Crippen LogP contribution in [0, 0.1) is 0 Å². The Morgan fingerprint density at radius 1 is 1.17 bits per heavy atom. The molecule has 2 aromatic rings. The van der Waals surface area contributed by atoms with Gasteiger partial charge in [-0.15, -0.1) is 0 Å². The molecule has 0 spiro atoms. The van der Waals surface area contributed by atoms with Crippen LogP contribution in [0.5, 0.6) is 5.75 Å². The number of ether oxygens (including phenoxy) is 1. The molecule has 2 N–H and O–H groups in total. The van der Waals surface area contributed by atoms with Crippen LogP contribution in [0.4, 0.5) is 0 Å². The van der Waals surface area contributed by atoms with Crippen molar-refractivity contribution >= 4 is 5.84 Å². The lowest BCUT2D eigenvalue weighted by Gasteiger charge is -2.39. The van der Waals surface area contributed by atoms with Crippen molar-refractivity contribution in [2.75, 3.05) is 20.2 Å². The Hall–Kier alpha value is -2.37. The van der Waals surface area contributed by atoms with Crippen LogP contribution in [0.3, 0.4) is 0 Å². The molecule has 0 aliphatic carbocycles. The second kappa shape index (κ2) is 5.08. The zero-order chi connectivity index (χ0) is 16.0. The van der Waals surface area contributed by atoms with E-state index in [0.717, 1.165) is 28.3 Å². The minimum atomic E-state index is -1.33. The van der Waals surface area contributed by atoms with E-state index < -0.39 is 11.8 Å². The summed E-state index contributed by atoms with van der Waals surface area (Å²) >= 11 is 0. The van der Waals surface area contributed by atoms with E-state index in [1.165, 1.54) is 0 Å². The lowest BCUT2D eigenvalue weighted by Crippen LogP contribution is -2.51. The Bertz CT molecular complexity index is 772. The van der Waals surface area contributed by atoms with E-state index in [1.807, 2.05) is 48.5 Å². The molecule has 0 saturated heterocycles. The van der Waals surface area contributed by atoms with Gasteiger partial charge < -0.3 is 19.8 Å². The van der Waals surface area contributed by atoms with Crippen molar-refractivity contribution in [3.8, 4) is 5.75 Å². The molecule has 0 amide bonds. The monoisotopic (exact) mass is 310 g/mol. The van der Waals surface area contributed by atoms with Crippen LogP contribution in [0.1, 0.15) is 16.7 Å². The van der Waals surface area contributed by atoms with Crippen molar-refractivity contribution in [2.24, 2.45) is 4.99 Å². The molecule has 0 bridgehead atoms. The largest absolute Gasteiger partial charge is 0.497 e. The molecule has 0 saturated carbocycles. The minimum absolute atomic E-state index is 0.343. The van der Waals surface area contributed by atoms with Crippen LogP contribution in [0.25, 0.3) is 0 Å². The van der Waals surface area contributed by atoms with Gasteiger partial charge in [-0.1, -0.05) is 36.4 Å². The first-order valence-corrected chi connectivity index (χ1v) is 7.61. The maximum atomic E-state index is 11.6. The average Bonchev–Trinajstić information content (AvgIpc) is 2.85. The standard InChI is InChI=1S/C18H18N2O3/c1-23-14-8-6-12(7-9-14)18(22)16-5-3-2-4-15(16)17-19-10-13(21)11-20(17)18/h2-9,13,21-22H,10-11H2,1H3. The quantitative estimate of drug-likeness (QED) is 0.878. The third kappa shape index (κ3) is 1.97. The number of hydrogen-bond acceptors (Lipinski definition) is 5. The number of aliphatic hydroxyl groups excluding tert-OH is 1. The van der Waals surface area contributed by atoms with Gasteiger partial charge in [-0.25, -0.2) is 0 Å². The molecule has 0 radical (unpaired) electrons. The second-order valence-electron chi connectivity index (χ2n) is 5.88. The van der Waals surface area contributed by atoms with E-state index in [4.69, 9.17) is 4.74 Å². The maximum absolute atomic E-state index is 11.6. The molecule has 0 fully saturated rings. The molecular formula is C18H18N2O3. The van der Waals surface area contributed by atoms with Gasteiger partial charge in [-0.05, 0) is 12.1 Å². The molecular weight excluding hydrogens is 292 g/mol. The number of aliphatic hydroxyl groups is 2. The number of hydrogen-bond donors (Lipinski definition) is 2. The van der Waals surface area contributed by atoms with Crippen LogP contribution in [0.15, 0.2) is 53.5 Å². The van der Waals surface area contributed by atoms with Crippen LogP contribution < -0.4 is 4.74 Å². The van der Waals surface area contributed by atoms with Crippen molar-refractivity contribution < 1.29 is 14.9 Å². The molecule has 5 nitrogen and oxygen atoms in total. The van der Waals surface area contributed by atoms with E-state index in [9.17, 15) is 10.2 Å². The molecule has 0 aromatic heterocycles. The van der Waals surface area contributed by atoms with Crippen molar-refractivity contribution in [1.82, 2.24) is 4.90 Å². The highest BCUT2D eigenvalue weighted by molar-refractivity contribution is 6.04. The van der Waals surface area contributed by atoms with E-state index in [-0.39, 0.29) is 0 Å². The number of nitrogens with zero attached hydrogens (tertiary/aromatic N) is 2. The highest BCUT2D eigenvalue weighted by Crippen LogP contribution is 2.43. The fourth-order valence-electron chi connectivity index (χ4n) is 3.41. The Morgan fingerprint density at radius 2 is 1.91 bits per heavy atom. The normalized spacial score (nSPS) is 25.6. The number of aliphatic imine (C=N–C) groups is 1. The topological polar surface area (TPSA) is 65.3 Å². The molecule has 2 heterocycles. The molecule has 2 unspecified atom stereocenters. The Morgan fingerprint density at radius 3 is 2.65 bits per heavy atom. The first kappa shape index (κ1) is 14.2. The van der Waals surface area contributed by atoms with E-state index in [0.29, 0.717) is 13.1 Å². The highest BCUT2D eigenvalue weighted by Gasteiger charge is 2.49. The van der Waals surface area contributed by atoms with Gasteiger partial charge in [0.25, 0.3) is 0 Å². The van der Waals surface area contributed by atoms with Gasteiger partial charge in [0.2, 0.25) is 0 Å². The number of rotatable bonds is 2. The van der Waals surface area contributed by atoms with Gasteiger partial charge in [0.05, 0.1) is 26.3 Å². The predicted octanol–water partition coefficient (Wildman–Crippen LogP) is 1.33. The summed E-state index contributed by atoms with van der Waals surface area (Å²) in [6, 6.07) is 15.1. The van der Waals surface area contributed by atoms with Crippen LogP contribution in [0.2, 0.25) is 0 Å². The Labute approximate surface area is 134 Å². The molecule has 118 valence electrons. The summed E-state index contributed by atoms with van der Waals surface area (Å²) in [7, 11) is 1.61. The third-order valence-electron chi connectivity index (χ3n) is 4.53. The second-order valence-corrected chi connectivity index (χ2v) is 5.88.